The van der Waals surface area contributed by atoms with Gasteiger partial charge in [-0.1, -0.05) is 30.3 Å². The number of ether oxygens (including phenoxy) is 1. The number of benzene rings is 2. The molecule has 0 spiro atoms. The summed E-state index contributed by atoms with van der Waals surface area (Å²) in [6.45, 7) is 7.91. The normalized spacial score (nSPS) is 12.3. The molecule has 0 saturated heterocycles. The molecule has 0 fully saturated rings. The van der Waals surface area contributed by atoms with E-state index in [2.05, 4.69) is 26.0 Å². The van der Waals surface area contributed by atoms with Crippen molar-refractivity contribution < 1.29 is 9.84 Å². The zero-order valence-corrected chi connectivity index (χ0v) is 11.9. The van der Waals surface area contributed by atoms with Gasteiger partial charge in [0, 0.05) is 5.56 Å². The molecule has 2 aromatic carbocycles. The maximum atomic E-state index is 9.80. The second-order valence-electron chi connectivity index (χ2n) is 4.97. The Morgan fingerprint density at radius 2 is 1.58 bits per heavy atom. The Labute approximate surface area is 114 Å². The SMILES string of the molecule is Cc1ccc(C)c(Oc2ccccc2C(C)O)c1C. The van der Waals surface area contributed by atoms with E-state index in [1.165, 1.54) is 5.56 Å². The van der Waals surface area contributed by atoms with E-state index in [4.69, 9.17) is 4.74 Å². The van der Waals surface area contributed by atoms with Gasteiger partial charge in [0.15, 0.2) is 0 Å². The molecule has 0 radical (unpaired) electrons. The molecule has 2 aromatic rings. The highest BCUT2D eigenvalue weighted by Gasteiger charge is 2.12. The van der Waals surface area contributed by atoms with Crippen LogP contribution in [0.15, 0.2) is 36.4 Å². The van der Waals surface area contributed by atoms with Gasteiger partial charge < -0.3 is 9.84 Å². The number of hydrogen-bond acceptors (Lipinski definition) is 2. The van der Waals surface area contributed by atoms with Gasteiger partial charge in [0.2, 0.25) is 0 Å². The number of aryl methyl sites for hydroxylation is 2. The zero-order chi connectivity index (χ0) is 14.0. The van der Waals surface area contributed by atoms with Crippen molar-refractivity contribution in [2.24, 2.45) is 0 Å². The number of hydrogen-bond donors (Lipinski definition) is 1. The second-order valence-corrected chi connectivity index (χ2v) is 4.97. The maximum Gasteiger partial charge on any atom is 0.133 e. The van der Waals surface area contributed by atoms with Crippen molar-refractivity contribution in [3.8, 4) is 11.5 Å². The van der Waals surface area contributed by atoms with Crippen molar-refractivity contribution in [2.75, 3.05) is 0 Å². The fourth-order valence-electron chi connectivity index (χ4n) is 2.11. The van der Waals surface area contributed by atoms with Crippen LogP contribution in [0, 0.1) is 20.8 Å². The molecule has 19 heavy (non-hydrogen) atoms. The first-order valence-electron chi connectivity index (χ1n) is 6.52. The van der Waals surface area contributed by atoms with E-state index < -0.39 is 6.10 Å². The monoisotopic (exact) mass is 256 g/mol. The number of rotatable bonds is 3. The van der Waals surface area contributed by atoms with Gasteiger partial charge in [0.05, 0.1) is 6.10 Å². The first kappa shape index (κ1) is 13.6. The van der Waals surface area contributed by atoms with Crippen LogP contribution in [-0.4, -0.2) is 5.11 Å². The Balaban J connectivity index is 2.45. The molecule has 1 atom stereocenters. The first-order chi connectivity index (χ1) is 9.00. The summed E-state index contributed by atoms with van der Waals surface area (Å²) >= 11 is 0. The Bertz CT molecular complexity index is 586. The minimum atomic E-state index is -0.540. The molecule has 0 aliphatic carbocycles. The summed E-state index contributed by atoms with van der Waals surface area (Å²) in [5.74, 6) is 1.60. The molecule has 0 aliphatic heterocycles. The van der Waals surface area contributed by atoms with Crippen LogP contribution in [0.3, 0.4) is 0 Å². The summed E-state index contributed by atoms with van der Waals surface area (Å²) in [5, 5.41) is 9.80. The molecule has 100 valence electrons. The van der Waals surface area contributed by atoms with Gasteiger partial charge in [0.1, 0.15) is 11.5 Å². The van der Waals surface area contributed by atoms with Crippen molar-refractivity contribution >= 4 is 0 Å². The van der Waals surface area contributed by atoms with Crippen LogP contribution in [0.5, 0.6) is 11.5 Å². The molecular weight excluding hydrogens is 236 g/mol. The van der Waals surface area contributed by atoms with Crippen molar-refractivity contribution in [2.45, 2.75) is 33.8 Å². The van der Waals surface area contributed by atoms with E-state index in [0.717, 1.165) is 22.4 Å². The lowest BCUT2D eigenvalue weighted by molar-refractivity contribution is 0.195. The van der Waals surface area contributed by atoms with Gasteiger partial charge in [-0.25, -0.2) is 0 Å². The van der Waals surface area contributed by atoms with Crippen LogP contribution in [-0.2, 0) is 0 Å². The highest BCUT2D eigenvalue weighted by molar-refractivity contribution is 5.48. The Morgan fingerprint density at radius 3 is 2.26 bits per heavy atom. The third-order valence-corrected chi connectivity index (χ3v) is 3.45. The van der Waals surface area contributed by atoms with E-state index in [-0.39, 0.29) is 0 Å². The number of aliphatic hydroxyl groups is 1. The molecule has 0 bridgehead atoms. The summed E-state index contributed by atoms with van der Waals surface area (Å²) < 4.78 is 6.05. The zero-order valence-electron chi connectivity index (χ0n) is 11.9. The molecule has 0 saturated carbocycles. The topological polar surface area (TPSA) is 29.5 Å². The maximum absolute atomic E-state index is 9.80. The van der Waals surface area contributed by atoms with Gasteiger partial charge in [-0.15, -0.1) is 0 Å². The van der Waals surface area contributed by atoms with Crippen molar-refractivity contribution in [3.05, 3.63) is 58.7 Å². The van der Waals surface area contributed by atoms with Crippen LogP contribution in [0.25, 0.3) is 0 Å². The van der Waals surface area contributed by atoms with Gasteiger partial charge in [0.25, 0.3) is 0 Å². The van der Waals surface area contributed by atoms with Gasteiger partial charge >= 0.3 is 0 Å². The van der Waals surface area contributed by atoms with Crippen LogP contribution in [0.4, 0.5) is 0 Å². The second kappa shape index (κ2) is 5.45. The standard InChI is InChI=1S/C17H20O2/c1-11-9-10-12(2)17(13(11)3)19-16-8-6-5-7-15(16)14(4)18/h5-10,14,18H,1-4H3. The Kier molecular flexibility index (Phi) is 3.91. The summed E-state index contributed by atoms with van der Waals surface area (Å²) in [5.41, 5.74) is 4.25. The summed E-state index contributed by atoms with van der Waals surface area (Å²) in [6, 6.07) is 11.8. The van der Waals surface area contributed by atoms with E-state index >= 15 is 0 Å². The predicted octanol–water partition coefficient (Wildman–Crippen LogP) is 4.46. The van der Waals surface area contributed by atoms with Crippen LogP contribution in [0.2, 0.25) is 0 Å². The molecule has 0 aromatic heterocycles. The number of aliphatic hydroxyl groups excluding tert-OH is 1. The molecule has 1 N–H and O–H groups in total. The third kappa shape index (κ3) is 2.79. The minimum Gasteiger partial charge on any atom is -0.456 e. The molecule has 0 aliphatic rings. The molecule has 2 heteroatoms. The van der Waals surface area contributed by atoms with E-state index in [1.54, 1.807) is 6.92 Å². The minimum absolute atomic E-state index is 0.540. The summed E-state index contributed by atoms with van der Waals surface area (Å²) in [6.07, 6.45) is -0.540. The molecule has 1 unspecified atom stereocenters. The number of para-hydroxylation sites is 1. The Morgan fingerprint density at radius 1 is 0.947 bits per heavy atom. The van der Waals surface area contributed by atoms with E-state index in [9.17, 15) is 5.11 Å². The van der Waals surface area contributed by atoms with Gasteiger partial charge in [-0.3, -0.25) is 0 Å². The predicted molar refractivity (Wildman–Crippen MR) is 77.8 cm³/mol. The van der Waals surface area contributed by atoms with Crippen molar-refractivity contribution in [1.82, 2.24) is 0 Å². The van der Waals surface area contributed by atoms with Crippen LogP contribution < -0.4 is 4.74 Å². The van der Waals surface area contributed by atoms with E-state index in [0.29, 0.717) is 5.75 Å². The highest BCUT2D eigenvalue weighted by atomic mass is 16.5. The molecule has 0 heterocycles. The molecular formula is C17H20O2. The smallest absolute Gasteiger partial charge is 0.133 e. The quantitative estimate of drug-likeness (QED) is 0.878. The fourth-order valence-corrected chi connectivity index (χ4v) is 2.11. The first-order valence-corrected chi connectivity index (χ1v) is 6.52. The molecule has 2 nitrogen and oxygen atoms in total. The van der Waals surface area contributed by atoms with Gasteiger partial charge in [-0.05, 0) is 50.5 Å². The summed E-state index contributed by atoms with van der Waals surface area (Å²) in [4.78, 5) is 0. The van der Waals surface area contributed by atoms with Crippen LogP contribution in [0.1, 0.15) is 35.3 Å². The molecule has 2 rings (SSSR count). The average Bonchev–Trinajstić information content (AvgIpc) is 2.39. The summed E-state index contributed by atoms with van der Waals surface area (Å²) in [7, 11) is 0. The lowest BCUT2D eigenvalue weighted by Gasteiger charge is -2.17. The van der Waals surface area contributed by atoms with Crippen LogP contribution >= 0.6 is 0 Å². The lowest BCUT2D eigenvalue weighted by atomic mass is 10.0. The van der Waals surface area contributed by atoms with E-state index in [1.807, 2.05) is 31.2 Å². The van der Waals surface area contributed by atoms with Crippen molar-refractivity contribution in [1.29, 1.82) is 0 Å². The van der Waals surface area contributed by atoms with Gasteiger partial charge in [-0.2, -0.15) is 0 Å². The third-order valence-electron chi connectivity index (χ3n) is 3.45. The molecule has 0 amide bonds. The largest absolute Gasteiger partial charge is 0.456 e. The fraction of sp³-hybridized carbons (Fsp3) is 0.294. The lowest BCUT2D eigenvalue weighted by Crippen LogP contribution is -1.98. The Hall–Kier alpha value is -1.80. The highest BCUT2D eigenvalue weighted by Crippen LogP contribution is 2.34. The average molecular weight is 256 g/mol. The van der Waals surface area contributed by atoms with Crippen molar-refractivity contribution in [3.63, 3.8) is 0 Å².